The molecule has 1 heterocycles. The second kappa shape index (κ2) is 6.97. The molecule has 0 spiro atoms. The van der Waals surface area contributed by atoms with Gasteiger partial charge in [0.1, 0.15) is 11.5 Å². The smallest absolute Gasteiger partial charge is 0.120 e. The van der Waals surface area contributed by atoms with E-state index in [-0.39, 0.29) is 12.6 Å². The summed E-state index contributed by atoms with van der Waals surface area (Å²) in [4.78, 5) is 0. The average molecular weight is 261 g/mol. The van der Waals surface area contributed by atoms with Gasteiger partial charge in [0.25, 0.3) is 0 Å². The SMILES string of the molecule is COc1ccc(CN[C@@H](CCO)c2ccco2)cc1. The van der Waals surface area contributed by atoms with Crippen molar-refractivity contribution in [3.63, 3.8) is 0 Å². The fraction of sp³-hybridized carbons (Fsp3) is 0.333. The Balaban J connectivity index is 1.94. The van der Waals surface area contributed by atoms with E-state index in [0.717, 1.165) is 23.6 Å². The molecule has 0 aliphatic carbocycles. The number of aliphatic hydroxyl groups excluding tert-OH is 1. The van der Waals surface area contributed by atoms with Crippen molar-refractivity contribution in [1.29, 1.82) is 0 Å². The molecule has 0 saturated heterocycles. The first-order chi connectivity index (χ1) is 9.33. The van der Waals surface area contributed by atoms with E-state index in [1.807, 2.05) is 36.4 Å². The predicted octanol–water partition coefficient (Wildman–Crippen LogP) is 2.50. The van der Waals surface area contributed by atoms with E-state index in [0.29, 0.717) is 6.42 Å². The lowest BCUT2D eigenvalue weighted by Gasteiger charge is -2.15. The fourth-order valence-electron chi connectivity index (χ4n) is 1.95. The van der Waals surface area contributed by atoms with Crippen molar-refractivity contribution in [2.24, 2.45) is 0 Å². The second-order valence-electron chi connectivity index (χ2n) is 4.31. The summed E-state index contributed by atoms with van der Waals surface area (Å²) >= 11 is 0. The van der Waals surface area contributed by atoms with E-state index in [9.17, 15) is 0 Å². The Labute approximate surface area is 113 Å². The maximum atomic E-state index is 9.10. The predicted molar refractivity (Wildman–Crippen MR) is 73.0 cm³/mol. The molecule has 0 aliphatic rings. The molecule has 2 rings (SSSR count). The molecule has 0 unspecified atom stereocenters. The number of methoxy groups -OCH3 is 1. The van der Waals surface area contributed by atoms with Gasteiger partial charge in [0.2, 0.25) is 0 Å². The highest BCUT2D eigenvalue weighted by Crippen LogP contribution is 2.18. The number of rotatable bonds is 7. The third-order valence-electron chi connectivity index (χ3n) is 3.02. The van der Waals surface area contributed by atoms with Gasteiger partial charge in [0, 0.05) is 13.2 Å². The lowest BCUT2D eigenvalue weighted by Crippen LogP contribution is -2.21. The van der Waals surface area contributed by atoms with Crippen LogP contribution in [-0.2, 0) is 6.54 Å². The van der Waals surface area contributed by atoms with Gasteiger partial charge >= 0.3 is 0 Å². The molecule has 2 N–H and O–H groups in total. The van der Waals surface area contributed by atoms with E-state index in [1.165, 1.54) is 0 Å². The Bertz CT molecular complexity index is 465. The number of hydrogen-bond donors (Lipinski definition) is 2. The zero-order chi connectivity index (χ0) is 13.5. The zero-order valence-corrected chi connectivity index (χ0v) is 11.0. The highest BCUT2D eigenvalue weighted by Gasteiger charge is 2.12. The molecule has 1 atom stereocenters. The maximum Gasteiger partial charge on any atom is 0.120 e. The van der Waals surface area contributed by atoms with Crippen LogP contribution in [0, 0.1) is 0 Å². The number of ether oxygens (including phenoxy) is 1. The molecule has 1 aromatic heterocycles. The molecule has 4 nitrogen and oxygen atoms in total. The topological polar surface area (TPSA) is 54.6 Å². The first-order valence-electron chi connectivity index (χ1n) is 6.34. The van der Waals surface area contributed by atoms with E-state index < -0.39 is 0 Å². The quantitative estimate of drug-likeness (QED) is 0.804. The molecule has 0 radical (unpaired) electrons. The summed E-state index contributed by atoms with van der Waals surface area (Å²) in [5.41, 5.74) is 1.16. The molecule has 19 heavy (non-hydrogen) atoms. The standard InChI is InChI=1S/C15H19NO3/c1-18-13-6-4-12(5-7-13)11-16-14(8-9-17)15-3-2-10-19-15/h2-7,10,14,16-17H,8-9,11H2,1H3/t14-/m0/s1. The van der Waals surface area contributed by atoms with Gasteiger partial charge in [-0.2, -0.15) is 0 Å². The monoisotopic (exact) mass is 261 g/mol. The molecule has 1 aromatic carbocycles. The zero-order valence-electron chi connectivity index (χ0n) is 11.0. The van der Waals surface area contributed by atoms with Crippen LogP contribution in [0.4, 0.5) is 0 Å². The van der Waals surface area contributed by atoms with Crippen LogP contribution in [0.25, 0.3) is 0 Å². The van der Waals surface area contributed by atoms with Crippen LogP contribution in [0.5, 0.6) is 5.75 Å². The van der Waals surface area contributed by atoms with Crippen LogP contribution >= 0.6 is 0 Å². The maximum absolute atomic E-state index is 9.10. The average Bonchev–Trinajstić information content (AvgIpc) is 2.98. The summed E-state index contributed by atoms with van der Waals surface area (Å²) in [6.45, 7) is 0.844. The summed E-state index contributed by atoms with van der Waals surface area (Å²) in [7, 11) is 1.65. The molecular weight excluding hydrogens is 242 g/mol. The van der Waals surface area contributed by atoms with Gasteiger partial charge in [-0.25, -0.2) is 0 Å². The van der Waals surface area contributed by atoms with Gasteiger partial charge < -0.3 is 19.6 Å². The van der Waals surface area contributed by atoms with Crippen LogP contribution in [0.3, 0.4) is 0 Å². The van der Waals surface area contributed by atoms with Crippen molar-refractivity contribution >= 4 is 0 Å². The summed E-state index contributed by atoms with van der Waals surface area (Å²) in [5.74, 6) is 1.70. The van der Waals surface area contributed by atoms with Gasteiger partial charge in [0.05, 0.1) is 19.4 Å². The van der Waals surface area contributed by atoms with Gasteiger partial charge in [-0.05, 0) is 36.2 Å². The third kappa shape index (κ3) is 3.84. The van der Waals surface area contributed by atoms with Crippen LogP contribution in [0.1, 0.15) is 23.8 Å². The minimum absolute atomic E-state index is 0.0297. The molecule has 2 aromatic rings. The van der Waals surface area contributed by atoms with Crippen LogP contribution < -0.4 is 10.1 Å². The summed E-state index contributed by atoms with van der Waals surface area (Å²) in [6.07, 6.45) is 2.28. The molecule has 0 aliphatic heterocycles. The molecule has 0 fully saturated rings. The van der Waals surface area contributed by atoms with Crippen molar-refractivity contribution in [3.8, 4) is 5.75 Å². The first kappa shape index (κ1) is 13.6. The van der Waals surface area contributed by atoms with Gasteiger partial charge in [0.15, 0.2) is 0 Å². The fourth-order valence-corrected chi connectivity index (χ4v) is 1.95. The summed E-state index contributed by atoms with van der Waals surface area (Å²) < 4.78 is 10.5. The molecule has 4 heteroatoms. The van der Waals surface area contributed by atoms with Gasteiger partial charge in [-0.3, -0.25) is 0 Å². The molecule has 102 valence electrons. The van der Waals surface area contributed by atoms with Crippen molar-refractivity contribution in [2.75, 3.05) is 13.7 Å². The Morgan fingerprint density at radius 3 is 2.63 bits per heavy atom. The normalized spacial score (nSPS) is 12.3. The van der Waals surface area contributed by atoms with Gasteiger partial charge in [-0.15, -0.1) is 0 Å². The molecular formula is C15H19NO3. The first-order valence-corrected chi connectivity index (χ1v) is 6.34. The number of nitrogens with one attached hydrogen (secondary N) is 1. The molecule has 0 bridgehead atoms. The lowest BCUT2D eigenvalue weighted by molar-refractivity contribution is 0.254. The summed E-state index contributed by atoms with van der Waals surface area (Å²) in [6, 6.07) is 11.7. The minimum atomic E-state index is 0.0297. The van der Waals surface area contributed by atoms with Crippen molar-refractivity contribution in [2.45, 2.75) is 19.0 Å². The lowest BCUT2D eigenvalue weighted by atomic mass is 10.1. The van der Waals surface area contributed by atoms with Crippen molar-refractivity contribution in [1.82, 2.24) is 5.32 Å². The van der Waals surface area contributed by atoms with E-state index in [1.54, 1.807) is 13.4 Å². The number of benzene rings is 1. The number of furan rings is 1. The third-order valence-corrected chi connectivity index (χ3v) is 3.02. The van der Waals surface area contributed by atoms with Crippen molar-refractivity contribution < 1.29 is 14.3 Å². The number of aliphatic hydroxyl groups is 1. The molecule has 0 saturated carbocycles. The van der Waals surface area contributed by atoms with Crippen LogP contribution in [0.15, 0.2) is 47.1 Å². The summed E-state index contributed by atoms with van der Waals surface area (Å²) in [5, 5.41) is 12.5. The number of hydrogen-bond acceptors (Lipinski definition) is 4. The van der Waals surface area contributed by atoms with E-state index in [2.05, 4.69) is 5.32 Å². The Kier molecular flexibility index (Phi) is 5.01. The van der Waals surface area contributed by atoms with E-state index >= 15 is 0 Å². The van der Waals surface area contributed by atoms with Gasteiger partial charge in [-0.1, -0.05) is 12.1 Å². The second-order valence-corrected chi connectivity index (χ2v) is 4.31. The van der Waals surface area contributed by atoms with Crippen LogP contribution in [-0.4, -0.2) is 18.8 Å². The van der Waals surface area contributed by atoms with Crippen molar-refractivity contribution in [3.05, 3.63) is 54.0 Å². The molecule has 0 amide bonds. The Morgan fingerprint density at radius 2 is 2.05 bits per heavy atom. The minimum Gasteiger partial charge on any atom is -0.497 e. The van der Waals surface area contributed by atoms with Crippen LogP contribution in [0.2, 0.25) is 0 Å². The van der Waals surface area contributed by atoms with E-state index in [4.69, 9.17) is 14.3 Å². The Morgan fingerprint density at radius 1 is 1.26 bits per heavy atom. The highest BCUT2D eigenvalue weighted by atomic mass is 16.5. The largest absolute Gasteiger partial charge is 0.497 e. The highest BCUT2D eigenvalue weighted by molar-refractivity contribution is 5.27. The Hall–Kier alpha value is -1.78.